The third-order valence-corrected chi connectivity index (χ3v) is 4.74. The van der Waals surface area contributed by atoms with E-state index in [2.05, 4.69) is 15.6 Å². The standard InChI is InChI=1S/C21H21N3O3S/c1-3-27-18-9-7-16(8-10-18)21-24-19(13-28-21)20(26)22-12-15-5-4-6-17(11-15)23-14(2)25/h4-11,13H,3,12H2,1-2H3,(H,22,26)(H,23,25). The predicted octanol–water partition coefficient (Wildman–Crippen LogP) is 4.10. The van der Waals surface area contributed by atoms with Gasteiger partial charge in [0.1, 0.15) is 16.5 Å². The van der Waals surface area contributed by atoms with Crippen LogP contribution in [0.1, 0.15) is 29.9 Å². The number of carbonyl (C=O) groups excluding carboxylic acids is 2. The summed E-state index contributed by atoms with van der Waals surface area (Å²) in [6, 6.07) is 15.0. The molecule has 0 spiro atoms. The van der Waals surface area contributed by atoms with E-state index in [0.29, 0.717) is 24.5 Å². The maximum Gasteiger partial charge on any atom is 0.271 e. The molecule has 28 heavy (non-hydrogen) atoms. The van der Waals surface area contributed by atoms with Gasteiger partial charge in [0.15, 0.2) is 0 Å². The lowest BCUT2D eigenvalue weighted by atomic mass is 10.2. The third kappa shape index (κ3) is 5.17. The van der Waals surface area contributed by atoms with Crippen LogP contribution in [0.3, 0.4) is 0 Å². The van der Waals surface area contributed by atoms with Crippen LogP contribution in [0.4, 0.5) is 5.69 Å². The highest BCUT2D eigenvalue weighted by atomic mass is 32.1. The van der Waals surface area contributed by atoms with Gasteiger partial charge in [-0.25, -0.2) is 4.98 Å². The Morgan fingerprint density at radius 2 is 1.93 bits per heavy atom. The van der Waals surface area contributed by atoms with Gasteiger partial charge in [-0.1, -0.05) is 12.1 Å². The number of nitrogens with zero attached hydrogens (tertiary/aromatic N) is 1. The number of nitrogens with one attached hydrogen (secondary N) is 2. The Hall–Kier alpha value is -3.19. The van der Waals surface area contributed by atoms with Crippen molar-refractivity contribution in [1.82, 2.24) is 10.3 Å². The molecule has 1 heterocycles. The summed E-state index contributed by atoms with van der Waals surface area (Å²) in [5.74, 6) is 0.436. The molecule has 2 amide bonds. The molecule has 0 bridgehead atoms. The van der Waals surface area contributed by atoms with Gasteiger partial charge in [0.05, 0.1) is 6.61 Å². The molecule has 144 valence electrons. The van der Waals surface area contributed by atoms with Crippen molar-refractivity contribution >= 4 is 28.8 Å². The van der Waals surface area contributed by atoms with Crippen LogP contribution >= 0.6 is 11.3 Å². The Bertz CT molecular complexity index is 967. The average molecular weight is 395 g/mol. The molecule has 0 unspecified atom stereocenters. The molecule has 2 N–H and O–H groups in total. The molecular formula is C21H21N3O3S. The lowest BCUT2D eigenvalue weighted by Crippen LogP contribution is -2.23. The number of anilines is 1. The fourth-order valence-electron chi connectivity index (χ4n) is 2.61. The second-order valence-electron chi connectivity index (χ2n) is 6.06. The molecule has 7 heteroatoms. The Labute approximate surface area is 167 Å². The largest absolute Gasteiger partial charge is 0.494 e. The van der Waals surface area contributed by atoms with E-state index in [1.54, 1.807) is 11.4 Å². The number of rotatable bonds is 7. The fourth-order valence-corrected chi connectivity index (χ4v) is 3.41. The highest BCUT2D eigenvalue weighted by Crippen LogP contribution is 2.25. The highest BCUT2D eigenvalue weighted by molar-refractivity contribution is 7.13. The number of ether oxygens (including phenoxy) is 1. The zero-order chi connectivity index (χ0) is 19.9. The number of benzene rings is 2. The summed E-state index contributed by atoms with van der Waals surface area (Å²) < 4.78 is 5.44. The number of hydrogen-bond donors (Lipinski definition) is 2. The molecule has 0 aliphatic heterocycles. The van der Waals surface area contributed by atoms with Crippen LogP contribution in [0.25, 0.3) is 10.6 Å². The number of hydrogen-bond acceptors (Lipinski definition) is 5. The number of aromatic nitrogens is 1. The number of amides is 2. The van der Waals surface area contributed by atoms with Gasteiger partial charge in [-0.15, -0.1) is 11.3 Å². The van der Waals surface area contributed by atoms with Crippen molar-refractivity contribution in [1.29, 1.82) is 0 Å². The zero-order valence-electron chi connectivity index (χ0n) is 15.7. The topological polar surface area (TPSA) is 80.3 Å². The Morgan fingerprint density at radius 1 is 1.14 bits per heavy atom. The van der Waals surface area contributed by atoms with Gasteiger partial charge < -0.3 is 15.4 Å². The third-order valence-electron chi connectivity index (χ3n) is 3.85. The van der Waals surface area contributed by atoms with E-state index in [1.165, 1.54) is 18.3 Å². The quantitative estimate of drug-likeness (QED) is 0.631. The average Bonchev–Trinajstić information content (AvgIpc) is 3.17. The van der Waals surface area contributed by atoms with Crippen LogP contribution in [-0.4, -0.2) is 23.4 Å². The van der Waals surface area contributed by atoms with Crippen molar-refractivity contribution in [2.24, 2.45) is 0 Å². The van der Waals surface area contributed by atoms with Gasteiger partial charge in [-0.2, -0.15) is 0 Å². The molecule has 0 aliphatic rings. The first-order valence-corrected chi connectivity index (χ1v) is 9.76. The van der Waals surface area contributed by atoms with Gasteiger partial charge in [0.2, 0.25) is 5.91 Å². The van der Waals surface area contributed by atoms with E-state index in [1.807, 2.05) is 49.4 Å². The summed E-state index contributed by atoms with van der Waals surface area (Å²) in [5, 5.41) is 8.11. The smallest absolute Gasteiger partial charge is 0.271 e. The first-order valence-electron chi connectivity index (χ1n) is 8.88. The number of carbonyl (C=O) groups is 2. The van der Waals surface area contributed by atoms with E-state index < -0.39 is 0 Å². The minimum absolute atomic E-state index is 0.134. The van der Waals surface area contributed by atoms with Gasteiger partial charge in [0.25, 0.3) is 5.91 Å². The summed E-state index contributed by atoms with van der Waals surface area (Å²) >= 11 is 1.42. The molecule has 3 aromatic rings. The molecule has 3 rings (SSSR count). The van der Waals surface area contributed by atoms with E-state index in [-0.39, 0.29) is 11.8 Å². The molecule has 0 fully saturated rings. The van der Waals surface area contributed by atoms with Crippen LogP contribution in [0.15, 0.2) is 53.9 Å². The van der Waals surface area contributed by atoms with E-state index in [0.717, 1.165) is 21.9 Å². The molecule has 0 atom stereocenters. The summed E-state index contributed by atoms with van der Waals surface area (Å²) in [5.41, 5.74) is 2.91. The van der Waals surface area contributed by atoms with Crippen LogP contribution < -0.4 is 15.4 Å². The van der Waals surface area contributed by atoms with E-state index in [4.69, 9.17) is 4.74 Å². The van der Waals surface area contributed by atoms with Crippen molar-refractivity contribution in [3.8, 4) is 16.3 Å². The molecule has 2 aromatic carbocycles. The van der Waals surface area contributed by atoms with Crippen LogP contribution in [0.5, 0.6) is 5.75 Å². The molecule has 0 saturated carbocycles. The summed E-state index contributed by atoms with van der Waals surface area (Å²) in [4.78, 5) is 28.0. The van der Waals surface area contributed by atoms with Gasteiger partial charge in [0, 0.05) is 30.1 Å². The monoisotopic (exact) mass is 395 g/mol. The Balaban J connectivity index is 1.62. The SMILES string of the molecule is CCOc1ccc(-c2nc(C(=O)NCc3cccc(NC(C)=O)c3)cs2)cc1. The predicted molar refractivity (Wildman–Crippen MR) is 111 cm³/mol. The van der Waals surface area contributed by atoms with Crippen molar-refractivity contribution in [3.05, 3.63) is 65.2 Å². The highest BCUT2D eigenvalue weighted by Gasteiger charge is 2.12. The summed E-state index contributed by atoms with van der Waals surface area (Å²) in [6.45, 7) is 4.37. The van der Waals surface area contributed by atoms with Crippen LogP contribution in [-0.2, 0) is 11.3 Å². The minimum Gasteiger partial charge on any atom is -0.494 e. The first kappa shape index (κ1) is 19.6. The summed E-state index contributed by atoms with van der Waals surface area (Å²) in [7, 11) is 0. The lowest BCUT2D eigenvalue weighted by Gasteiger charge is -2.07. The summed E-state index contributed by atoms with van der Waals surface area (Å²) in [6.07, 6.45) is 0. The van der Waals surface area contributed by atoms with E-state index >= 15 is 0 Å². The van der Waals surface area contributed by atoms with Gasteiger partial charge in [-0.3, -0.25) is 9.59 Å². The molecule has 0 radical (unpaired) electrons. The first-order chi connectivity index (χ1) is 13.5. The van der Waals surface area contributed by atoms with Gasteiger partial charge in [-0.05, 0) is 48.9 Å². The minimum atomic E-state index is -0.238. The van der Waals surface area contributed by atoms with Crippen molar-refractivity contribution in [3.63, 3.8) is 0 Å². The van der Waals surface area contributed by atoms with Crippen molar-refractivity contribution in [2.45, 2.75) is 20.4 Å². The molecule has 6 nitrogen and oxygen atoms in total. The normalized spacial score (nSPS) is 10.4. The molecule has 0 saturated heterocycles. The second-order valence-corrected chi connectivity index (χ2v) is 6.92. The van der Waals surface area contributed by atoms with Gasteiger partial charge >= 0.3 is 0 Å². The second kappa shape index (κ2) is 9.14. The number of thiazole rings is 1. The van der Waals surface area contributed by atoms with Crippen LogP contribution in [0.2, 0.25) is 0 Å². The van der Waals surface area contributed by atoms with Crippen molar-refractivity contribution in [2.75, 3.05) is 11.9 Å². The fraction of sp³-hybridized carbons (Fsp3) is 0.190. The van der Waals surface area contributed by atoms with Crippen molar-refractivity contribution < 1.29 is 14.3 Å². The maximum absolute atomic E-state index is 12.4. The van der Waals surface area contributed by atoms with Crippen LogP contribution in [0, 0.1) is 0 Å². The maximum atomic E-state index is 12.4. The molecular weight excluding hydrogens is 374 g/mol. The lowest BCUT2D eigenvalue weighted by molar-refractivity contribution is -0.114. The Morgan fingerprint density at radius 3 is 2.64 bits per heavy atom. The molecule has 0 aliphatic carbocycles. The Kier molecular flexibility index (Phi) is 6.39. The molecule has 1 aromatic heterocycles. The zero-order valence-corrected chi connectivity index (χ0v) is 16.5. The van der Waals surface area contributed by atoms with E-state index in [9.17, 15) is 9.59 Å².